The molecule has 0 spiro atoms. The molecule has 2 N–H and O–H groups in total. The lowest BCUT2D eigenvalue weighted by Crippen LogP contribution is -2.06. The van der Waals surface area contributed by atoms with Gasteiger partial charge in [-0.1, -0.05) is 18.2 Å². The van der Waals surface area contributed by atoms with Crippen LogP contribution in [0.2, 0.25) is 0 Å². The summed E-state index contributed by atoms with van der Waals surface area (Å²) in [4.78, 5) is 19.4. The fraction of sp³-hybridized carbons (Fsp3) is 0.200. The van der Waals surface area contributed by atoms with Crippen molar-refractivity contribution in [3.05, 3.63) is 75.1 Å². The summed E-state index contributed by atoms with van der Waals surface area (Å²) < 4.78 is 0. The van der Waals surface area contributed by atoms with Crippen molar-refractivity contribution in [2.75, 3.05) is 10.6 Å². The second-order valence-electron chi connectivity index (χ2n) is 6.47. The lowest BCUT2D eigenvalue weighted by atomic mass is 10.1. The van der Waals surface area contributed by atoms with Crippen molar-refractivity contribution in [2.45, 2.75) is 27.7 Å². The molecule has 0 aliphatic rings. The van der Waals surface area contributed by atoms with Crippen LogP contribution in [0.15, 0.2) is 42.7 Å². The van der Waals surface area contributed by atoms with E-state index >= 15 is 0 Å². The summed E-state index contributed by atoms with van der Waals surface area (Å²) in [6.07, 6.45) is 1.31. The molecule has 1 heterocycles. The summed E-state index contributed by atoms with van der Waals surface area (Å²) in [5.41, 5.74) is 5.64. The van der Waals surface area contributed by atoms with Gasteiger partial charge in [-0.25, -0.2) is 9.97 Å². The van der Waals surface area contributed by atoms with Gasteiger partial charge in [-0.3, -0.25) is 10.1 Å². The molecular weight excluding hydrogens is 342 g/mol. The quantitative estimate of drug-likeness (QED) is 0.483. The standard InChI is InChI=1S/C20H21N5O2/c1-12-8-9-16(10-14(12)3)23-19-18(25(26)27)20(22-11-21-19)24-17-7-5-6-13(2)15(17)4/h5-11H,1-4H3,(H2,21,22,23,24). The van der Waals surface area contributed by atoms with Crippen LogP contribution in [0.5, 0.6) is 0 Å². The van der Waals surface area contributed by atoms with Gasteiger partial charge in [-0.2, -0.15) is 0 Å². The second-order valence-corrected chi connectivity index (χ2v) is 6.47. The molecular formula is C20H21N5O2. The van der Waals surface area contributed by atoms with E-state index in [-0.39, 0.29) is 17.3 Å². The average molecular weight is 363 g/mol. The van der Waals surface area contributed by atoms with Crippen molar-refractivity contribution in [1.82, 2.24) is 9.97 Å². The molecule has 2 aromatic carbocycles. The Kier molecular flexibility index (Phi) is 5.03. The number of rotatable bonds is 5. The molecule has 0 radical (unpaired) electrons. The highest BCUT2D eigenvalue weighted by molar-refractivity contribution is 5.77. The normalized spacial score (nSPS) is 10.5. The number of nitrogens with zero attached hydrogens (tertiary/aromatic N) is 3. The van der Waals surface area contributed by atoms with Gasteiger partial charge >= 0.3 is 5.69 Å². The second kappa shape index (κ2) is 7.41. The molecule has 7 heteroatoms. The van der Waals surface area contributed by atoms with E-state index in [0.717, 1.165) is 33.6 Å². The fourth-order valence-electron chi connectivity index (χ4n) is 2.70. The smallest absolute Gasteiger partial charge is 0.334 e. The van der Waals surface area contributed by atoms with Crippen LogP contribution in [-0.4, -0.2) is 14.9 Å². The molecule has 138 valence electrons. The van der Waals surface area contributed by atoms with Gasteiger partial charge in [-0.05, 0) is 68.1 Å². The Hall–Kier alpha value is -3.48. The van der Waals surface area contributed by atoms with Gasteiger partial charge in [-0.15, -0.1) is 0 Å². The zero-order chi connectivity index (χ0) is 19.6. The van der Waals surface area contributed by atoms with E-state index in [1.54, 1.807) is 0 Å². The molecule has 3 rings (SSSR count). The molecule has 27 heavy (non-hydrogen) atoms. The first-order valence-corrected chi connectivity index (χ1v) is 8.53. The van der Waals surface area contributed by atoms with E-state index in [0.29, 0.717) is 0 Å². The van der Waals surface area contributed by atoms with Gasteiger partial charge in [0.05, 0.1) is 4.92 Å². The van der Waals surface area contributed by atoms with Crippen LogP contribution in [0.4, 0.5) is 28.7 Å². The maximum absolute atomic E-state index is 11.7. The van der Waals surface area contributed by atoms with Crippen molar-refractivity contribution in [1.29, 1.82) is 0 Å². The van der Waals surface area contributed by atoms with Gasteiger partial charge in [0.25, 0.3) is 0 Å². The zero-order valence-corrected chi connectivity index (χ0v) is 15.7. The topological polar surface area (TPSA) is 93.0 Å². The molecule has 7 nitrogen and oxygen atoms in total. The third-order valence-corrected chi connectivity index (χ3v) is 4.63. The monoisotopic (exact) mass is 363 g/mol. The van der Waals surface area contributed by atoms with E-state index in [9.17, 15) is 10.1 Å². The molecule has 0 fully saturated rings. The molecule has 0 amide bonds. The van der Waals surface area contributed by atoms with Gasteiger partial charge < -0.3 is 10.6 Å². The molecule has 0 saturated carbocycles. The van der Waals surface area contributed by atoms with Crippen molar-refractivity contribution in [2.24, 2.45) is 0 Å². The summed E-state index contributed by atoms with van der Waals surface area (Å²) in [7, 11) is 0. The minimum absolute atomic E-state index is 0.144. The van der Waals surface area contributed by atoms with Crippen molar-refractivity contribution in [3.8, 4) is 0 Å². The van der Waals surface area contributed by atoms with Crippen LogP contribution in [0, 0.1) is 37.8 Å². The van der Waals surface area contributed by atoms with Gasteiger partial charge in [0.2, 0.25) is 11.6 Å². The average Bonchev–Trinajstić information content (AvgIpc) is 2.62. The van der Waals surface area contributed by atoms with Crippen molar-refractivity contribution >= 4 is 28.7 Å². The van der Waals surface area contributed by atoms with E-state index in [1.807, 2.05) is 64.1 Å². The number of nitro groups is 1. The largest absolute Gasteiger partial charge is 0.353 e. The highest BCUT2D eigenvalue weighted by Gasteiger charge is 2.24. The van der Waals surface area contributed by atoms with Crippen molar-refractivity contribution in [3.63, 3.8) is 0 Å². The van der Waals surface area contributed by atoms with Crippen LogP contribution in [0.1, 0.15) is 22.3 Å². The van der Waals surface area contributed by atoms with Crippen LogP contribution in [0.3, 0.4) is 0 Å². The number of hydrogen-bond acceptors (Lipinski definition) is 6. The SMILES string of the molecule is Cc1ccc(Nc2ncnc(Nc3cccc(C)c3C)c2[N+](=O)[O-])cc1C. The number of aryl methyl sites for hydroxylation is 3. The molecule has 0 aliphatic carbocycles. The third kappa shape index (κ3) is 3.87. The van der Waals surface area contributed by atoms with Crippen LogP contribution in [-0.2, 0) is 0 Å². The lowest BCUT2D eigenvalue weighted by Gasteiger charge is -2.13. The summed E-state index contributed by atoms with van der Waals surface area (Å²) in [6.45, 7) is 7.95. The summed E-state index contributed by atoms with van der Waals surface area (Å²) in [5, 5.41) is 17.9. The molecule has 0 atom stereocenters. The van der Waals surface area contributed by atoms with E-state index in [4.69, 9.17) is 0 Å². The van der Waals surface area contributed by atoms with E-state index in [2.05, 4.69) is 20.6 Å². The highest BCUT2D eigenvalue weighted by atomic mass is 16.6. The van der Waals surface area contributed by atoms with Crippen LogP contribution in [0.25, 0.3) is 0 Å². The third-order valence-electron chi connectivity index (χ3n) is 4.63. The van der Waals surface area contributed by atoms with Gasteiger partial charge in [0, 0.05) is 11.4 Å². The highest BCUT2D eigenvalue weighted by Crippen LogP contribution is 2.34. The molecule has 0 aliphatic heterocycles. The Morgan fingerprint density at radius 1 is 0.889 bits per heavy atom. The van der Waals surface area contributed by atoms with E-state index in [1.165, 1.54) is 6.33 Å². The summed E-state index contributed by atoms with van der Waals surface area (Å²) >= 11 is 0. The number of aromatic nitrogens is 2. The Bertz CT molecular complexity index is 1020. The summed E-state index contributed by atoms with van der Waals surface area (Å²) in [5.74, 6) is 0.293. The predicted molar refractivity (Wildman–Crippen MR) is 107 cm³/mol. The Morgan fingerprint density at radius 3 is 2.26 bits per heavy atom. The predicted octanol–water partition coefficient (Wildman–Crippen LogP) is 5.11. The summed E-state index contributed by atoms with van der Waals surface area (Å²) in [6, 6.07) is 11.5. The number of anilines is 4. The molecule has 0 unspecified atom stereocenters. The van der Waals surface area contributed by atoms with Gasteiger partial charge in [0.15, 0.2) is 0 Å². The first-order valence-electron chi connectivity index (χ1n) is 8.53. The maximum Gasteiger partial charge on any atom is 0.353 e. The van der Waals surface area contributed by atoms with E-state index < -0.39 is 4.92 Å². The number of hydrogen-bond donors (Lipinski definition) is 2. The number of nitrogens with one attached hydrogen (secondary N) is 2. The molecule has 0 bridgehead atoms. The Balaban J connectivity index is 2.01. The first-order chi connectivity index (χ1) is 12.9. The fourth-order valence-corrected chi connectivity index (χ4v) is 2.70. The molecule has 3 aromatic rings. The molecule has 1 aromatic heterocycles. The lowest BCUT2D eigenvalue weighted by molar-refractivity contribution is -0.383. The van der Waals surface area contributed by atoms with Crippen molar-refractivity contribution < 1.29 is 4.92 Å². The zero-order valence-electron chi connectivity index (χ0n) is 15.7. The molecule has 0 saturated heterocycles. The van der Waals surface area contributed by atoms with Crippen LogP contribution < -0.4 is 10.6 Å². The minimum atomic E-state index is -0.475. The van der Waals surface area contributed by atoms with Crippen LogP contribution >= 0.6 is 0 Å². The maximum atomic E-state index is 11.7. The Morgan fingerprint density at radius 2 is 1.59 bits per heavy atom. The van der Waals surface area contributed by atoms with Gasteiger partial charge in [0.1, 0.15) is 6.33 Å². The first kappa shape index (κ1) is 18.3. The minimum Gasteiger partial charge on any atom is -0.334 e. The number of benzene rings is 2. The Labute approximate surface area is 157 Å².